The second kappa shape index (κ2) is 9.19. The number of hydrogen-bond acceptors (Lipinski definition) is 5. The quantitative estimate of drug-likeness (QED) is 0.403. The molecule has 2 rings (SSSR count). The minimum absolute atomic E-state index is 0.0626. The first-order chi connectivity index (χ1) is 13.9. The minimum atomic E-state index is -0.579. The monoisotopic (exact) mass is 416 g/mol. The molecule has 0 aliphatic carbocycles. The summed E-state index contributed by atoms with van der Waals surface area (Å²) < 4.78 is 0. The summed E-state index contributed by atoms with van der Waals surface area (Å²) in [6, 6.07) is 10.3. The highest BCUT2D eigenvalue weighted by molar-refractivity contribution is 5.90. The van der Waals surface area contributed by atoms with Gasteiger partial charge in [-0.15, -0.1) is 0 Å². The lowest BCUT2D eigenvalue weighted by Crippen LogP contribution is -2.66. The van der Waals surface area contributed by atoms with Crippen LogP contribution >= 0.6 is 0 Å². The Morgan fingerprint density at radius 3 is 2.30 bits per heavy atom. The van der Waals surface area contributed by atoms with Gasteiger partial charge in [0.2, 0.25) is 0 Å². The molecule has 1 saturated heterocycles. The summed E-state index contributed by atoms with van der Waals surface area (Å²) in [5.41, 5.74) is 0.963. The van der Waals surface area contributed by atoms with Gasteiger partial charge in [0.1, 0.15) is 6.10 Å². The molecule has 0 aromatic heterocycles. The van der Waals surface area contributed by atoms with E-state index in [1.807, 2.05) is 39.0 Å². The predicted octanol–water partition coefficient (Wildman–Crippen LogP) is 6.30. The smallest absolute Gasteiger partial charge is 0.318 e. The Bertz CT molecular complexity index is 755. The van der Waals surface area contributed by atoms with Crippen LogP contribution in [0.25, 0.3) is 0 Å². The van der Waals surface area contributed by atoms with Gasteiger partial charge in [-0.3, -0.25) is 4.84 Å². The van der Waals surface area contributed by atoms with E-state index in [9.17, 15) is 4.79 Å². The molecule has 1 aliphatic heterocycles. The normalized spacial score (nSPS) is 30.3. The molecule has 1 heterocycles. The molecule has 1 aromatic rings. The molecule has 1 aliphatic rings. The average Bonchev–Trinajstić information content (AvgIpc) is 2.72. The summed E-state index contributed by atoms with van der Waals surface area (Å²) in [6.45, 7) is 18.6. The average molecular weight is 417 g/mol. The molecule has 30 heavy (non-hydrogen) atoms. The number of hydrogen-bond donors (Lipinski definition) is 0. The van der Waals surface area contributed by atoms with Gasteiger partial charge in [0.05, 0.1) is 16.7 Å². The van der Waals surface area contributed by atoms with Crippen LogP contribution in [0, 0.1) is 11.3 Å². The first-order valence-corrected chi connectivity index (χ1v) is 11.2. The van der Waals surface area contributed by atoms with Crippen LogP contribution in [0.3, 0.4) is 0 Å². The Kier molecular flexibility index (Phi) is 7.52. The number of hydroxylamine groups is 2. The largest absolute Gasteiger partial charge is 0.340 e. The van der Waals surface area contributed by atoms with Crippen LogP contribution in [0.2, 0.25) is 0 Å². The summed E-state index contributed by atoms with van der Waals surface area (Å²) in [5.74, 6) is -0.229. The van der Waals surface area contributed by atoms with E-state index in [1.54, 1.807) is 0 Å². The molecule has 5 heteroatoms. The van der Waals surface area contributed by atoms with Crippen LogP contribution in [-0.2, 0) is 14.5 Å². The summed E-state index contributed by atoms with van der Waals surface area (Å²) in [5, 5.41) is 6.59. The van der Waals surface area contributed by atoms with Crippen molar-refractivity contribution in [2.24, 2.45) is 16.5 Å². The highest BCUT2D eigenvalue weighted by Gasteiger charge is 2.53. The molecule has 168 valence electrons. The van der Waals surface area contributed by atoms with Gasteiger partial charge in [0.15, 0.2) is 0 Å². The maximum absolute atomic E-state index is 12.3. The van der Waals surface area contributed by atoms with Crippen molar-refractivity contribution < 1.29 is 14.5 Å². The molecular weight excluding hydrogens is 376 g/mol. The fraction of sp³-hybridized carbons (Fsp3) is 0.680. The zero-order valence-corrected chi connectivity index (χ0v) is 20.3. The molecule has 0 bridgehead atoms. The SMILES string of the molecule is CCC1(C)C/C(=N/OC(=O)C(C)(C)C)C(C)C(C)(CC)N1OC(C)c1ccccc1. The van der Waals surface area contributed by atoms with Gasteiger partial charge >= 0.3 is 5.97 Å². The summed E-state index contributed by atoms with van der Waals surface area (Å²) in [7, 11) is 0. The van der Waals surface area contributed by atoms with Gasteiger partial charge in [0, 0.05) is 17.9 Å². The van der Waals surface area contributed by atoms with Crippen molar-refractivity contribution in [2.75, 3.05) is 0 Å². The van der Waals surface area contributed by atoms with E-state index in [-0.39, 0.29) is 29.1 Å². The third-order valence-electron chi connectivity index (χ3n) is 6.82. The fourth-order valence-electron chi connectivity index (χ4n) is 4.02. The lowest BCUT2D eigenvalue weighted by Gasteiger charge is -2.57. The van der Waals surface area contributed by atoms with Gasteiger partial charge in [-0.05, 0) is 59.9 Å². The van der Waals surface area contributed by atoms with Crippen molar-refractivity contribution in [1.82, 2.24) is 5.06 Å². The van der Waals surface area contributed by atoms with Crippen LogP contribution in [0.5, 0.6) is 0 Å². The molecule has 0 spiro atoms. The first-order valence-electron chi connectivity index (χ1n) is 11.2. The Labute approximate surface area is 182 Å². The van der Waals surface area contributed by atoms with Crippen molar-refractivity contribution in [1.29, 1.82) is 0 Å². The van der Waals surface area contributed by atoms with Gasteiger partial charge in [-0.25, -0.2) is 4.79 Å². The van der Waals surface area contributed by atoms with Crippen LogP contribution < -0.4 is 0 Å². The molecule has 5 nitrogen and oxygen atoms in total. The third kappa shape index (κ3) is 4.94. The maximum Gasteiger partial charge on any atom is 0.340 e. The Balaban J connectivity index is 2.37. The van der Waals surface area contributed by atoms with Crippen LogP contribution in [0.1, 0.15) is 93.2 Å². The van der Waals surface area contributed by atoms with Gasteiger partial charge in [0.25, 0.3) is 0 Å². The molecule has 1 fully saturated rings. The lowest BCUT2D eigenvalue weighted by molar-refractivity contribution is -0.310. The second-order valence-electron chi connectivity index (χ2n) is 10.1. The van der Waals surface area contributed by atoms with Crippen LogP contribution in [0.15, 0.2) is 35.5 Å². The molecule has 0 radical (unpaired) electrons. The van der Waals surface area contributed by atoms with E-state index < -0.39 is 5.41 Å². The number of benzene rings is 1. The highest BCUT2D eigenvalue weighted by Crippen LogP contribution is 2.46. The maximum atomic E-state index is 12.3. The number of carbonyl (C=O) groups is 1. The summed E-state index contributed by atoms with van der Waals surface area (Å²) in [4.78, 5) is 24.3. The van der Waals surface area contributed by atoms with E-state index in [0.29, 0.717) is 6.42 Å². The molecule has 0 saturated carbocycles. The van der Waals surface area contributed by atoms with E-state index in [2.05, 4.69) is 63.9 Å². The zero-order chi connectivity index (χ0) is 22.7. The minimum Gasteiger partial charge on any atom is -0.318 e. The number of oxime groups is 1. The molecule has 4 atom stereocenters. The van der Waals surface area contributed by atoms with Crippen LogP contribution in [-0.4, -0.2) is 27.8 Å². The molecule has 0 amide bonds. The number of nitrogens with zero attached hydrogens (tertiary/aromatic N) is 2. The van der Waals surface area contributed by atoms with Crippen molar-refractivity contribution in [2.45, 2.75) is 98.8 Å². The van der Waals surface area contributed by atoms with Gasteiger partial charge < -0.3 is 4.84 Å². The van der Waals surface area contributed by atoms with Crippen molar-refractivity contribution in [3.63, 3.8) is 0 Å². The zero-order valence-electron chi connectivity index (χ0n) is 20.3. The Hall–Kier alpha value is -1.72. The van der Waals surface area contributed by atoms with E-state index in [0.717, 1.165) is 24.1 Å². The predicted molar refractivity (Wildman–Crippen MR) is 122 cm³/mol. The van der Waals surface area contributed by atoms with E-state index in [4.69, 9.17) is 9.68 Å². The summed E-state index contributed by atoms with van der Waals surface area (Å²) in [6.07, 6.45) is 2.41. The van der Waals surface area contributed by atoms with E-state index >= 15 is 0 Å². The van der Waals surface area contributed by atoms with Crippen molar-refractivity contribution >= 4 is 11.7 Å². The van der Waals surface area contributed by atoms with E-state index in [1.165, 1.54) is 0 Å². The topological polar surface area (TPSA) is 51.1 Å². The number of rotatable bonds is 6. The van der Waals surface area contributed by atoms with Crippen molar-refractivity contribution in [3.8, 4) is 0 Å². The highest BCUT2D eigenvalue weighted by atomic mass is 16.7. The molecule has 1 aromatic carbocycles. The molecule has 4 unspecified atom stereocenters. The Morgan fingerprint density at radius 2 is 1.80 bits per heavy atom. The lowest BCUT2D eigenvalue weighted by atomic mass is 9.70. The standard InChI is InChI=1S/C25H40N2O3/c1-10-24(8)17-21(26-29-22(28)23(5,6)7)18(3)25(9,11-2)27(24)30-19(4)20-15-13-12-14-16-20/h12-16,18-19H,10-11,17H2,1-9H3/b26-21-. The first kappa shape index (κ1) is 24.5. The molecule has 0 N–H and O–H groups in total. The van der Waals surface area contributed by atoms with Crippen molar-refractivity contribution in [3.05, 3.63) is 35.9 Å². The van der Waals surface area contributed by atoms with Crippen LogP contribution in [0.4, 0.5) is 0 Å². The second-order valence-corrected chi connectivity index (χ2v) is 10.1. The fourth-order valence-corrected chi connectivity index (χ4v) is 4.02. The summed E-state index contributed by atoms with van der Waals surface area (Å²) >= 11 is 0. The Morgan fingerprint density at radius 1 is 1.20 bits per heavy atom. The number of piperidine rings is 1. The molecular formula is C25H40N2O3. The van der Waals surface area contributed by atoms with Gasteiger partial charge in [-0.1, -0.05) is 56.3 Å². The number of carbonyl (C=O) groups excluding carboxylic acids is 1. The van der Waals surface area contributed by atoms with Gasteiger partial charge in [-0.2, -0.15) is 5.06 Å². The third-order valence-corrected chi connectivity index (χ3v) is 6.82.